The van der Waals surface area contributed by atoms with Crippen molar-refractivity contribution in [2.75, 3.05) is 6.61 Å². The van der Waals surface area contributed by atoms with Crippen molar-refractivity contribution in [1.29, 1.82) is 0 Å². The quantitative estimate of drug-likeness (QED) is 0.408. The third kappa shape index (κ3) is 6.84. The van der Waals surface area contributed by atoms with Gasteiger partial charge in [-0.1, -0.05) is 48.0 Å². The molecule has 0 N–H and O–H groups in total. The molecule has 0 aromatic heterocycles. The van der Waals surface area contributed by atoms with Crippen molar-refractivity contribution in [2.24, 2.45) is 0 Å². The third-order valence-electron chi connectivity index (χ3n) is 3.28. The Morgan fingerprint density at radius 3 is 2.42 bits per heavy atom. The maximum Gasteiger partial charge on any atom is 0.311 e. The molecule has 0 amide bonds. The zero-order valence-electron chi connectivity index (χ0n) is 13.2. The van der Waals surface area contributed by atoms with Crippen LogP contribution in [0.4, 0.5) is 0 Å². The van der Waals surface area contributed by atoms with Gasteiger partial charge in [0, 0.05) is 5.02 Å². The van der Waals surface area contributed by atoms with Crippen molar-refractivity contribution >= 4 is 23.5 Å². The molecule has 0 saturated heterocycles. The van der Waals surface area contributed by atoms with Crippen molar-refractivity contribution in [1.82, 2.24) is 0 Å². The molecule has 0 radical (unpaired) electrons. The zero-order chi connectivity index (χ0) is 17.2. The summed E-state index contributed by atoms with van der Waals surface area (Å²) in [6, 6.07) is 16.5. The minimum absolute atomic E-state index is 0.00470. The zero-order valence-corrected chi connectivity index (χ0v) is 14.0. The first-order chi connectivity index (χ1) is 11.6. The van der Waals surface area contributed by atoms with Gasteiger partial charge in [0.15, 0.2) is 0 Å². The molecule has 0 heterocycles. The van der Waals surface area contributed by atoms with E-state index in [9.17, 15) is 9.59 Å². The number of carbonyl (C=O) groups excluding carboxylic acids is 2. The van der Waals surface area contributed by atoms with Crippen molar-refractivity contribution in [3.8, 4) is 5.75 Å². The fourth-order valence-electron chi connectivity index (χ4n) is 2.10. The summed E-state index contributed by atoms with van der Waals surface area (Å²) in [5.74, 6) is -0.520. The van der Waals surface area contributed by atoms with Gasteiger partial charge in [-0.15, -0.1) is 0 Å². The Morgan fingerprint density at radius 2 is 1.67 bits per heavy atom. The number of hydrogen-bond donors (Lipinski definition) is 0. The Hall–Kier alpha value is -2.33. The molecule has 0 bridgehead atoms. The average molecular weight is 347 g/mol. The molecule has 0 unspecified atom stereocenters. The van der Waals surface area contributed by atoms with Gasteiger partial charge >= 0.3 is 11.9 Å². The summed E-state index contributed by atoms with van der Waals surface area (Å²) in [5.41, 5.74) is 1.21. The summed E-state index contributed by atoms with van der Waals surface area (Å²) in [4.78, 5) is 23.3. The lowest BCUT2D eigenvalue weighted by Gasteiger charge is -2.06. The molecule has 0 saturated carbocycles. The number of hydrogen-bond acceptors (Lipinski definition) is 4. The maximum atomic E-state index is 11.7. The van der Waals surface area contributed by atoms with Crippen LogP contribution in [0.5, 0.6) is 5.75 Å². The predicted octanol–water partition coefficient (Wildman–Crippen LogP) is 4.20. The fraction of sp³-hybridized carbons (Fsp3) is 0.263. The maximum absolute atomic E-state index is 11.7. The molecule has 2 rings (SSSR count). The molecule has 0 spiro atoms. The Labute approximate surface area is 146 Å². The highest BCUT2D eigenvalue weighted by Gasteiger charge is 2.10. The molecule has 2 aromatic carbocycles. The number of ether oxygens (including phenoxy) is 2. The van der Waals surface area contributed by atoms with Crippen LogP contribution in [-0.2, 0) is 20.7 Å². The SMILES string of the molecule is O=C(CCC(=O)Oc1cccc(Cl)c1)OCCCc1ccccc1. The molecular weight excluding hydrogens is 328 g/mol. The molecule has 0 aliphatic heterocycles. The van der Waals surface area contributed by atoms with Crippen LogP contribution in [0, 0.1) is 0 Å². The van der Waals surface area contributed by atoms with Gasteiger partial charge in [0.25, 0.3) is 0 Å². The van der Waals surface area contributed by atoms with Gasteiger partial charge < -0.3 is 9.47 Å². The average Bonchev–Trinajstić information content (AvgIpc) is 2.58. The first-order valence-corrected chi connectivity index (χ1v) is 8.17. The minimum atomic E-state index is -0.487. The second-order valence-electron chi connectivity index (χ2n) is 5.24. The first kappa shape index (κ1) is 18.0. The molecule has 2 aromatic rings. The topological polar surface area (TPSA) is 52.6 Å². The lowest BCUT2D eigenvalue weighted by atomic mass is 10.1. The Kier molecular flexibility index (Phi) is 7.30. The molecule has 5 heteroatoms. The summed E-state index contributed by atoms with van der Waals surface area (Å²) in [5, 5.41) is 0.484. The molecule has 0 aliphatic rings. The Bertz CT molecular complexity index is 670. The van der Waals surface area contributed by atoms with Gasteiger partial charge in [-0.3, -0.25) is 9.59 Å². The summed E-state index contributed by atoms with van der Waals surface area (Å²) in [6.07, 6.45) is 1.59. The van der Waals surface area contributed by atoms with Crippen LogP contribution >= 0.6 is 11.6 Å². The van der Waals surface area contributed by atoms with E-state index in [-0.39, 0.29) is 12.8 Å². The van der Waals surface area contributed by atoms with E-state index in [0.29, 0.717) is 17.4 Å². The standard InChI is InChI=1S/C19H19ClO4/c20-16-9-4-10-17(14-16)24-19(22)12-11-18(21)23-13-5-8-15-6-2-1-3-7-15/h1-4,6-7,9-10,14H,5,8,11-13H2. The van der Waals surface area contributed by atoms with E-state index in [1.165, 1.54) is 5.56 Å². The van der Waals surface area contributed by atoms with E-state index in [2.05, 4.69) is 0 Å². The van der Waals surface area contributed by atoms with E-state index in [4.69, 9.17) is 21.1 Å². The number of halogens is 1. The summed E-state index contributed by atoms with van der Waals surface area (Å²) in [7, 11) is 0. The predicted molar refractivity (Wildman–Crippen MR) is 92.0 cm³/mol. The van der Waals surface area contributed by atoms with Crippen LogP contribution in [0.3, 0.4) is 0 Å². The fourth-order valence-corrected chi connectivity index (χ4v) is 2.28. The van der Waals surface area contributed by atoms with Crippen molar-refractivity contribution in [2.45, 2.75) is 25.7 Å². The lowest BCUT2D eigenvalue weighted by Crippen LogP contribution is -2.13. The minimum Gasteiger partial charge on any atom is -0.466 e. The summed E-state index contributed by atoms with van der Waals surface area (Å²) in [6.45, 7) is 0.344. The number of carbonyl (C=O) groups is 2. The highest BCUT2D eigenvalue weighted by atomic mass is 35.5. The smallest absolute Gasteiger partial charge is 0.311 e. The van der Waals surface area contributed by atoms with Crippen LogP contribution in [0.1, 0.15) is 24.8 Å². The van der Waals surface area contributed by atoms with Gasteiger partial charge in [0.05, 0.1) is 19.4 Å². The summed E-state index contributed by atoms with van der Waals surface area (Å²) < 4.78 is 10.2. The monoisotopic (exact) mass is 346 g/mol. The molecule has 126 valence electrons. The van der Waals surface area contributed by atoms with Crippen molar-refractivity contribution in [3.63, 3.8) is 0 Å². The van der Waals surface area contributed by atoms with Crippen molar-refractivity contribution in [3.05, 3.63) is 65.2 Å². The van der Waals surface area contributed by atoms with E-state index in [1.54, 1.807) is 24.3 Å². The van der Waals surface area contributed by atoms with Gasteiger partial charge in [0.2, 0.25) is 0 Å². The normalized spacial score (nSPS) is 10.2. The molecular formula is C19H19ClO4. The van der Waals surface area contributed by atoms with Crippen LogP contribution < -0.4 is 4.74 Å². The van der Waals surface area contributed by atoms with Gasteiger partial charge in [-0.25, -0.2) is 0 Å². The highest BCUT2D eigenvalue weighted by molar-refractivity contribution is 6.30. The van der Waals surface area contributed by atoms with Crippen LogP contribution in [0.15, 0.2) is 54.6 Å². The molecule has 0 atom stereocenters. The summed E-state index contributed by atoms with van der Waals surface area (Å²) >= 11 is 5.81. The number of esters is 2. The number of aryl methyl sites for hydroxylation is 1. The van der Waals surface area contributed by atoms with Crippen LogP contribution in [0.25, 0.3) is 0 Å². The molecule has 0 fully saturated rings. The largest absolute Gasteiger partial charge is 0.466 e. The molecule has 0 aliphatic carbocycles. The van der Waals surface area contributed by atoms with Crippen molar-refractivity contribution < 1.29 is 19.1 Å². The number of rotatable bonds is 8. The van der Waals surface area contributed by atoms with E-state index < -0.39 is 11.9 Å². The van der Waals surface area contributed by atoms with E-state index in [1.807, 2.05) is 30.3 Å². The Balaban J connectivity index is 1.59. The third-order valence-corrected chi connectivity index (χ3v) is 3.51. The second kappa shape index (κ2) is 9.73. The Morgan fingerprint density at radius 1 is 0.917 bits per heavy atom. The van der Waals surface area contributed by atoms with Crippen LogP contribution in [-0.4, -0.2) is 18.5 Å². The van der Waals surface area contributed by atoms with Crippen LogP contribution in [0.2, 0.25) is 5.02 Å². The first-order valence-electron chi connectivity index (χ1n) is 7.79. The lowest BCUT2D eigenvalue weighted by molar-refractivity contribution is -0.147. The van der Waals surface area contributed by atoms with Gasteiger partial charge in [0.1, 0.15) is 5.75 Å². The molecule has 24 heavy (non-hydrogen) atoms. The molecule has 4 nitrogen and oxygen atoms in total. The number of benzene rings is 2. The van der Waals surface area contributed by atoms with E-state index >= 15 is 0 Å². The van der Waals surface area contributed by atoms with Gasteiger partial charge in [-0.2, -0.15) is 0 Å². The van der Waals surface area contributed by atoms with Gasteiger partial charge in [-0.05, 0) is 36.6 Å². The van der Waals surface area contributed by atoms with E-state index in [0.717, 1.165) is 12.8 Å². The highest BCUT2D eigenvalue weighted by Crippen LogP contribution is 2.17. The second-order valence-corrected chi connectivity index (χ2v) is 5.68.